The van der Waals surface area contributed by atoms with Crippen molar-refractivity contribution < 1.29 is 9.84 Å². The molecule has 0 heterocycles. The highest BCUT2D eigenvalue weighted by Crippen LogP contribution is 2.32. The van der Waals surface area contributed by atoms with Crippen molar-refractivity contribution >= 4 is 0 Å². The molecular weight excluding hydrogens is 164 g/mol. The van der Waals surface area contributed by atoms with Crippen molar-refractivity contribution in [3.63, 3.8) is 0 Å². The first-order valence-electron chi connectivity index (χ1n) is 5.60. The van der Waals surface area contributed by atoms with Gasteiger partial charge in [0, 0.05) is 6.61 Å². The SMILES string of the molecule is CCCCCCOCC(O)C1CC1. The molecule has 1 unspecified atom stereocenters. The summed E-state index contributed by atoms with van der Waals surface area (Å²) in [6.07, 6.45) is 7.17. The van der Waals surface area contributed by atoms with Gasteiger partial charge in [-0.3, -0.25) is 0 Å². The van der Waals surface area contributed by atoms with Crippen LogP contribution in [0.5, 0.6) is 0 Å². The molecule has 2 nitrogen and oxygen atoms in total. The summed E-state index contributed by atoms with van der Waals surface area (Å²) in [7, 11) is 0. The third-order valence-electron chi connectivity index (χ3n) is 2.60. The summed E-state index contributed by atoms with van der Waals surface area (Å²) >= 11 is 0. The summed E-state index contributed by atoms with van der Waals surface area (Å²) in [6.45, 7) is 3.58. The average Bonchev–Trinajstić information content (AvgIpc) is 2.93. The van der Waals surface area contributed by atoms with Crippen LogP contribution in [0.3, 0.4) is 0 Å². The molecule has 0 saturated heterocycles. The molecule has 1 aliphatic carbocycles. The number of ether oxygens (including phenoxy) is 1. The van der Waals surface area contributed by atoms with Crippen LogP contribution in [-0.2, 0) is 4.74 Å². The lowest BCUT2D eigenvalue weighted by molar-refractivity contribution is 0.0241. The van der Waals surface area contributed by atoms with E-state index >= 15 is 0 Å². The van der Waals surface area contributed by atoms with Crippen molar-refractivity contribution in [1.82, 2.24) is 0 Å². The standard InChI is InChI=1S/C11H22O2/c1-2-3-4-5-8-13-9-11(12)10-6-7-10/h10-12H,2-9H2,1H3. The molecule has 78 valence electrons. The van der Waals surface area contributed by atoms with E-state index in [2.05, 4.69) is 6.92 Å². The number of hydrogen-bond acceptors (Lipinski definition) is 2. The maximum atomic E-state index is 9.47. The van der Waals surface area contributed by atoms with Crippen LogP contribution in [0.2, 0.25) is 0 Å². The van der Waals surface area contributed by atoms with Crippen molar-refractivity contribution in [2.75, 3.05) is 13.2 Å². The Kier molecular flexibility index (Phi) is 5.40. The molecule has 1 atom stereocenters. The monoisotopic (exact) mass is 186 g/mol. The molecule has 0 amide bonds. The molecule has 1 aliphatic rings. The highest BCUT2D eigenvalue weighted by Gasteiger charge is 2.29. The molecule has 0 aromatic carbocycles. The number of rotatable bonds is 8. The highest BCUT2D eigenvalue weighted by atomic mass is 16.5. The van der Waals surface area contributed by atoms with Crippen LogP contribution < -0.4 is 0 Å². The second-order valence-electron chi connectivity index (χ2n) is 4.04. The van der Waals surface area contributed by atoms with Gasteiger partial charge in [0.15, 0.2) is 0 Å². The largest absolute Gasteiger partial charge is 0.390 e. The predicted octanol–water partition coefficient (Wildman–Crippen LogP) is 2.35. The minimum atomic E-state index is -0.189. The summed E-state index contributed by atoms with van der Waals surface area (Å²) in [4.78, 5) is 0. The second kappa shape index (κ2) is 6.39. The first kappa shape index (κ1) is 11.0. The van der Waals surface area contributed by atoms with Gasteiger partial charge in [-0.15, -0.1) is 0 Å². The van der Waals surface area contributed by atoms with Crippen molar-refractivity contribution in [1.29, 1.82) is 0 Å². The van der Waals surface area contributed by atoms with Crippen LogP contribution in [-0.4, -0.2) is 24.4 Å². The maximum Gasteiger partial charge on any atom is 0.0801 e. The Bertz CT molecular complexity index is 121. The van der Waals surface area contributed by atoms with E-state index in [4.69, 9.17) is 4.74 Å². The van der Waals surface area contributed by atoms with Crippen molar-refractivity contribution in [2.45, 2.75) is 51.6 Å². The lowest BCUT2D eigenvalue weighted by atomic mass is 10.2. The molecule has 1 N–H and O–H groups in total. The van der Waals surface area contributed by atoms with Gasteiger partial charge in [-0.05, 0) is 25.2 Å². The fraction of sp³-hybridized carbons (Fsp3) is 1.00. The number of aliphatic hydroxyl groups excluding tert-OH is 1. The molecule has 0 bridgehead atoms. The molecule has 0 aromatic heterocycles. The van der Waals surface area contributed by atoms with Gasteiger partial charge >= 0.3 is 0 Å². The molecule has 13 heavy (non-hydrogen) atoms. The van der Waals surface area contributed by atoms with Gasteiger partial charge in [0.05, 0.1) is 12.7 Å². The Morgan fingerprint density at radius 1 is 1.31 bits per heavy atom. The lowest BCUT2D eigenvalue weighted by Gasteiger charge is -2.09. The molecule has 0 spiro atoms. The summed E-state index contributed by atoms with van der Waals surface area (Å²) in [5.74, 6) is 0.552. The number of aliphatic hydroxyl groups is 1. The summed E-state index contributed by atoms with van der Waals surface area (Å²) in [5.41, 5.74) is 0. The van der Waals surface area contributed by atoms with E-state index in [0.717, 1.165) is 13.0 Å². The fourth-order valence-electron chi connectivity index (χ4n) is 1.45. The predicted molar refractivity (Wildman–Crippen MR) is 53.7 cm³/mol. The molecule has 0 radical (unpaired) electrons. The Morgan fingerprint density at radius 3 is 2.69 bits per heavy atom. The molecule has 1 rings (SSSR count). The van der Waals surface area contributed by atoms with E-state index < -0.39 is 0 Å². The van der Waals surface area contributed by atoms with Gasteiger partial charge in [-0.2, -0.15) is 0 Å². The van der Waals surface area contributed by atoms with Gasteiger partial charge in [0.25, 0.3) is 0 Å². The maximum absolute atomic E-state index is 9.47. The van der Waals surface area contributed by atoms with Gasteiger partial charge in [0.2, 0.25) is 0 Å². The van der Waals surface area contributed by atoms with Crippen molar-refractivity contribution in [2.24, 2.45) is 5.92 Å². The zero-order valence-corrected chi connectivity index (χ0v) is 8.67. The van der Waals surface area contributed by atoms with E-state index in [1.54, 1.807) is 0 Å². The zero-order chi connectivity index (χ0) is 9.52. The quantitative estimate of drug-likeness (QED) is 0.590. The van der Waals surface area contributed by atoms with Crippen LogP contribution in [0.15, 0.2) is 0 Å². The third kappa shape index (κ3) is 5.27. The minimum absolute atomic E-state index is 0.189. The van der Waals surface area contributed by atoms with Crippen molar-refractivity contribution in [3.05, 3.63) is 0 Å². The first-order valence-corrected chi connectivity index (χ1v) is 5.60. The van der Waals surface area contributed by atoms with E-state index in [-0.39, 0.29) is 6.10 Å². The lowest BCUT2D eigenvalue weighted by Crippen LogP contribution is -2.17. The van der Waals surface area contributed by atoms with E-state index in [0.29, 0.717) is 12.5 Å². The smallest absolute Gasteiger partial charge is 0.0801 e. The fourth-order valence-corrected chi connectivity index (χ4v) is 1.45. The number of unbranched alkanes of at least 4 members (excludes halogenated alkanes) is 3. The van der Waals surface area contributed by atoms with Gasteiger partial charge in [-0.25, -0.2) is 0 Å². The van der Waals surface area contributed by atoms with Crippen LogP contribution >= 0.6 is 0 Å². The van der Waals surface area contributed by atoms with Crippen LogP contribution in [0.4, 0.5) is 0 Å². The van der Waals surface area contributed by atoms with Gasteiger partial charge in [0.1, 0.15) is 0 Å². The Hall–Kier alpha value is -0.0800. The summed E-state index contributed by atoms with van der Waals surface area (Å²) in [6, 6.07) is 0. The van der Waals surface area contributed by atoms with Gasteiger partial charge < -0.3 is 9.84 Å². The molecule has 2 heteroatoms. The van der Waals surface area contributed by atoms with E-state index in [1.165, 1.54) is 32.1 Å². The van der Waals surface area contributed by atoms with E-state index in [1.807, 2.05) is 0 Å². The van der Waals surface area contributed by atoms with Crippen molar-refractivity contribution in [3.8, 4) is 0 Å². The van der Waals surface area contributed by atoms with Crippen LogP contribution in [0, 0.1) is 5.92 Å². The average molecular weight is 186 g/mol. The Balaban J connectivity index is 1.77. The Morgan fingerprint density at radius 2 is 2.08 bits per heavy atom. The van der Waals surface area contributed by atoms with Crippen LogP contribution in [0.1, 0.15) is 45.4 Å². The minimum Gasteiger partial charge on any atom is -0.390 e. The molecule has 0 aliphatic heterocycles. The topological polar surface area (TPSA) is 29.5 Å². The summed E-state index contributed by atoms with van der Waals surface area (Å²) in [5, 5.41) is 9.47. The second-order valence-corrected chi connectivity index (χ2v) is 4.04. The highest BCUT2D eigenvalue weighted by molar-refractivity contribution is 4.80. The Labute approximate surface area is 81.3 Å². The summed E-state index contributed by atoms with van der Waals surface area (Å²) < 4.78 is 5.39. The normalized spacial score (nSPS) is 18.9. The molecular formula is C11H22O2. The molecule has 0 aromatic rings. The van der Waals surface area contributed by atoms with E-state index in [9.17, 15) is 5.11 Å². The third-order valence-corrected chi connectivity index (χ3v) is 2.60. The van der Waals surface area contributed by atoms with Crippen LogP contribution in [0.25, 0.3) is 0 Å². The number of hydrogen-bond donors (Lipinski definition) is 1. The first-order chi connectivity index (χ1) is 6.34. The molecule has 1 fully saturated rings. The molecule has 1 saturated carbocycles. The van der Waals surface area contributed by atoms with Gasteiger partial charge in [-0.1, -0.05) is 26.2 Å². The zero-order valence-electron chi connectivity index (χ0n) is 8.67.